The van der Waals surface area contributed by atoms with E-state index in [1.54, 1.807) is 0 Å². The summed E-state index contributed by atoms with van der Waals surface area (Å²) in [6, 6.07) is 8.62. The van der Waals surface area contributed by atoms with Gasteiger partial charge in [0.05, 0.1) is 11.7 Å². The SMILES string of the molecule is CCOC1(C(O)Cc2ccc(CC)cc2)CCCC(C)C1. The molecule has 1 aromatic carbocycles. The van der Waals surface area contributed by atoms with Gasteiger partial charge in [0.25, 0.3) is 0 Å². The molecule has 3 atom stereocenters. The highest BCUT2D eigenvalue weighted by Gasteiger charge is 2.41. The fraction of sp³-hybridized carbons (Fsp3) is 0.684. The Bertz CT molecular complexity index is 422. The van der Waals surface area contributed by atoms with Crippen molar-refractivity contribution in [3.05, 3.63) is 35.4 Å². The second-order valence-corrected chi connectivity index (χ2v) is 6.59. The Morgan fingerprint density at radius 1 is 1.24 bits per heavy atom. The molecule has 1 fully saturated rings. The van der Waals surface area contributed by atoms with Gasteiger partial charge in [-0.1, -0.05) is 51.0 Å². The molecule has 2 nitrogen and oxygen atoms in total. The number of aliphatic hydroxyl groups excluding tert-OH is 1. The zero-order valence-corrected chi connectivity index (χ0v) is 13.8. The molecular weight excluding hydrogens is 260 g/mol. The second kappa shape index (κ2) is 7.42. The first-order valence-corrected chi connectivity index (χ1v) is 8.49. The third-order valence-corrected chi connectivity index (χ3v) is 4.89. The number of benzene rings is 1. The normalized spacial score (nSPS) is 27.5. The van der Waals surface area contributed by atoms with E-state index in [0.29, 0.717) is 18.9 Å². The van der Waals surface area contributed by atoms with Crippen molar-refractivity contribution in [1.29, 1.82) is 0 Å². The topological polar surface area (TPSA) is 29.5 Å². The summed E-state index contributed by atoms with van der Waals surface area (Å²) in [6.45, 7) is 7.15. The Morgan fingerprint density at radius 2 is 1.90 bits per heavy atom. The monoisotopic (exact) mass is 290 g/mol. The molecule has 0 heterocycles. The van der Waals surface area contributed by atoms with Crippen molar-refractivity contribution in [2.75, 3.05) is 6.61 Å². The summed E-state index contributed by atoms with van der Waals surface area (Å²) in [4.78, 5) is 0. The molecule has 3 unspecified atom stereocenters. The number of rotatable bonds is 6. The molecule has 2 rings (SSSR count). The maximum Gasteiger partial charge on any atom is 0.0945 e. The molecule has 21 heavy (non-hydrogen) atoms. The van der Waals surface area contributed by atoms with E-state index in [9.17, 15) is 5.11 Å². The van der Waals surface area contributed by atoms with Gasteiger partial charge in [-0.3, -0.25) is 0 Å². The van der Waals surface area contributed by atoms with Crippen LogP contribution in [-0.4, -0.2) is 23.4 Å². The number of hydrogen-bond acceptors (Lipinski definition) is 2. The zero-order valence-electron chi connectivity index (χ0n) is 13.8. The predicted octanol–water partition coefficient (Wildman–Crippen LogP) is 4.14. The molecule has 1 aliphatic carbocycles. The van der Waals surface area contributed by atoms with E-state index in [1.807, 2.05) is 6.92 Å². The van der Waals surface area contributed by atoms with Gasteiger partial charge in [-0.25, -0.2) is 0 Å². The van der Waals surface area contributed by atoms with E-state index >= 15 is 0 Å². The van der Waals surface area contributed by atoms with Crippen LogP contribution >= 0.6 is 0 Å². The first-order valence-electron chi connectivity index (χ1n) is 8.49. The highest BCUT2D eigenvalue weighted by Crippen LogP contribution is 2.38. The van der Waals surface area contributed by atoms with Crippen LogP contribution in [0.15, 0.2) is 24.3 Å². The lowest BCUT2D eigenvalue weighted by Gasteiger charge is -2.43. The highest BCUT2D eigenvalue weighted by molar-refractivity contribution is 5.23. The van der Waals surface area contributed by atoms with Gasteiger partial charge < -0.3 is 9.84 Å². The van der Waals surface area contributed by atoms with Gasteiger partial charge in [-0.05, 0) is 43.2 Å². The third-order valence-electron chi connectivity index (χ3n) is 4.89. The van der Waals surface area contributed by atoms with Crippen LogP contribution in [0.25, 0.3) is 0 Å². The molecule has 2 heteroatoms. The van der Waals surface area contributed by atoms with Gasteiger partial charge in [-0.15, -0.1) is 0 Å². The zero-order chi connectivity index (χ0) is 15.3. The van der Waals surface area contributed by atoms with E-state index in [0.717, 1.165) is 25.7 Å². The Kier molecular flexibility index (Phi) is 5.83. The van der Waals surface area contributed by atoms with Crippen molar-refractivity contribution in [3.63, 3.8) is 0 Å². The summed E-state index contributed by atoms with van der Waals surface area (Å²) in [5.41, 5.74) is 2.21. The van der Waals surface area contributed by atoms with Gasteiger partial charge in [0.1, 0.15) is 0 Å². The lowest BCUT2D eigenvalue weighted by atomic mass is 9.74. The molecular formula is C19H30O2. The minimum absolute atomic E-state index is 0.337. The van der Waals surface area contributed by atoms with Gasteiger partial charge in [0.2, 0.25) is 0 Å². The van der Waals surface area contributed by atoms with Crippen molar-refractivity contribution < 1.29 is 9.84 Å². The smallest absolute Gasteiger partial charge is 0.0945 e. The molecule has 0 aliphatic heterocycles. The fourth-order valence-corrected chi connectivity index (χ4v) is 3.68. The Hall–Kier alpha value is -0.860. The Morgan fingerprint density at radius 3 is 2.48 bits per heavy atom. The van der Waals surface area contributed by atoms with Crippen molar-refractivity contribution in [1.82, 2.24) is 0 Å². The van der Waals surface area contributed by atoms with Crippen molar-refractivity contribution in [2.45, 2.75) is 71.0 Å². The van der Waals surface area contributed by atoms with Gasteiger partial charge >= 0.3 is 0 Å². The molecule has 0 saturated heterocycles. The van der Waals surface area contributed by atoms with Gasteiger partial charge in [0, 0.05) is 13.0 Å². The average Bonchev–Trinajstić information content (AvgIpc) is 2.48. The lowest BCUT2D eigenvalue weighted by molar-refractivity contribution is -0.147. The van der Waals surface area contributed by atoms with Crippen LogP contribution in [0.2, 0.25) is 0 Å². The predicted molar refractivity (Wildman–Crippen MR) is 87.5 cm³/mol. The van der Waals surface area contributed by atoms with Crippen LogP contribution in [-0.2, 0) is 17.6 Å². The van der Waals surface area contributed by atoms with E-state index in [-0.39, 0.29) is 5.60 Å². The lowest BCUT2D eigenvalue weighted by Crippen LogP contribution is -2.49. The van der Waals surface area contributed by atoms with E-state index in [2.05, 4.69) is 38.1 Å². The van der Waals surface area contributed by atoms with Crippen LogP contribution in [0.1, 0.15) is 57.6 Å². The van der Waals surface area contributed by atoms with Crippen LogP contribution in [0.3, 0.4) is 0 Å². The minimum atomic E-state index is -0.410. The van der Waals surface area contributed by atoms with Crippen molar-refractivity contribution >= 4 is 0 Å². The molecule has 0 spiro atoms. The number of aryl methyl sites for hydroxylation is 1. The summed E-state index contributed by atoms with van der Waals surface area (Å²) < 4.78 is 6.07. The number of aliphatic hydroxyl groups is 1. The molecule has 0 amide bonds. The van der Waals surface area contributed by atoms with Crippen LogP contribution in [0.4, 0.5) is 0 Å². The minimum Gasteiger partial charge on any atom is -0.390 e. The molecule has 1 aromatic rings. The van der Waals surface area contributed by atoms with Crippen molar-refractivity contribution in [2.24, 2.45) is 5.92 Å². The van der Waals surface area contributed by atoms with E-state index < -0.39 is 6.10 Å². The molecule has 118 valence electrons. The quantitative estimate of drug-likeness (QED) is 0.853. The Balaban J connectivity index is 2.08. The summed E-state index contributed by atoms with van der Waals surface area (Å²) in [6.07, 6.45) is 5.72. The molecule has 0 aromatic heterocycles. The maximum absolute atomic E-state index is 10.8. The molecule has 1 aliphatic rings. The molecule has 1 saturated carbocycles. The fourth-order valence-electron chi connectivity index (χ4n) is 3.68. The first-order chi connectivity index (χ1) is 10.1. The Labute approximate surface area is 129 Å². The summed E-state index contributed by atoms with van der Waals surface area (Å²) >= 11 is 0. The van der Waals surface area contributed by atoms with Crippen LogP contribution in [0, 0.1) is 5.92 Å². The standard InChI is InChI=1S/C19H30O2/c1-4-16-8-10-17(11-9-16)13-18(20)19(21-5-2)12-6-7-15(3)14-19/h8-11,15,18,20H,4-7,12-14H2,1-3H3. The highest BCUT2D eigenvalue weighted by atomic mass is 16.5. The van der Waals surface area contributed by atoms with E-state index in [4.69, 9.17) is 4.74 Å². The number of hydrogen-bond donors (Lipinski definition) is 1. The third kappa shape index (κ3) is 4.08. The summed E-state index contributed by atoms with van der Waals surface area (Å²) in [7, 11) is 0. The van der Waals surface area contributed by atoms with Crippen LogP contribution in [0.5, 0.6) is 0 Å². The van der Waals surface area contributed by atoms with Gasteiger partial charge in [0.15, 0.2) is 0 Å². The number of ether oxygens (including phenoxy) is 1. The van der Waals surface area contributed by atoms with Gasteiger partial charge in [-0.2, -0.15) is 0 Å². The maximum atomic E-state index is 10.8. The summed E-state index contributed by atoms with van der Waals surface area (Å²) in [5.74, 6) is 0.641. The van der Waals surface area contributed by atoms with E-state index in [1.165, 1.54) is 17.5 Å². The molecule has 0 bridgehead atoms. The molecule has 0 radical (unpaired) electrons. The summed E-state index contributed by atoms with van der Waals surface area (Å²) in [5, 5.41) is 10.8. The average molecular weight is 290 g/mol. The van der Waals surface area contributed by atoms with Crippen LogP contribution < -0.4 is 0 Å². The first kappa shape index (κ1) is 16.5. The molecule has 1 N–H and O–H groups in total. The largest absolute Gasteiger partial charge is 0.390 e. The second-order valence-electron chi connectivity index (χ2n) is 6.59. The van der Waals surface area contributed by atoms with Crippen molar-refractivity contribution in [3.8, 4) is 0 Å².